The number of anilines is 1. The number of amides is 1. The Labute approximate surface area is 138 Å². The Morgan fingerprint density at radius 2 is 1.43 bits per heavy atom. The molecule has 0 aromatic heterocycles. The summed E-state index contributed by atoms with van der Waals surface area (Å²) < 4.78 is 0. The van der Waals surface area contributed by atoms with E-state index in [1.165, 1.54) is 12.1 Å². The summed E-state index contributed by atoms with van der Waals surface area (Å²) in [6.45, 7) is 0. The van der Waals surface area contributed by atoms with Crippen molar-refractivity contribution in [2.45, 2.75) is 0 Å². The Bertz CT molecular complexity index is 773. The first-order valence-corrected chi connectivity index (χ1v) is 6.74. The zero-order valence-corrected chi connectivity index (χ0v) is 12.7. The van der Waals surface area contributed by atoms with Crippen LogP contribution >= 0.6 is 23.2 Å². The number of hydrogen-bond donors (Lipinski definition) is 1. The van der Waals surface area contributed by atoms with Gasteiger partial charge in [-0.25, -0.2) is 0 Å². The summed E-state index contributed by atoms with van der Waals surface area (Å²) in [6, 6.07) is 7.15. The monoisotopic (exact) mass is 355 g/mol. The van der Waals surface area contributed by atoms with Crippen LogP contribution in [0.3, 0.4) is 0 Å². The van der Waals surface area contributed by atoms with Crippen molar-refractivity contribution < 1.29 is 14.6 Å². The van der Waals surface area contributed by atoms with Crippen LogP contribution < -0.4 is 5.32 Å². The van der Waals surface area contributed by atoms with Crippen LogP contribution in [0.25, 0.3) is 0 Å². The van der Waals surface area contributed by atoms with Crippen LogP contribution in [0.5, 0.6) is 0 Å². The zero-order valence-electron chi connectivity index (χ0n) is 11.2. The second-order valence-electron chi connectivity index (χ2n) is 4.30. The second kappa shape index (κ2) is 6.59. The topological polar surface area (TPSA) is 115 Å². The van der Waals surface area contributed by atoms with Crippen molar-refractivity contribution in [3.8, 4) is 0 Å². The van der Waals surface area contributed by atoms with Gasteiger partial charge in [0.05, 0.1) is 37.2 Å². The van der Waals surface area contributed by atoms with Gasteiger partial charge in [-0.3, -0.25) is 25.0 Å². The van der Waals surface area contributed by atoms with Gasteiger partial charge in [-0.15, -0.1) is 0 Å². The number of non-ortho nitro benzene ring substituents is 2. The highest BCUT2D eigenvalue weighted by Gasteiger charge is 2.20. The normalized spacial score (nSPS) is 10.2. The molecular formula is C13H7Cl2N3O5. The van der Waals surface area contributed by atoms with Gasteiger partial charge in [0.1, 0.15) is 0 Å². The van der Waals surface area contributed by atoms with Crippen LogP contribution in [-0.2, 0) is 0 Å². The first-order chi connectivity index (χ1) is 10.8. The van der Waals surface area contributed by atoms with E-state index in [0.717, 1.165) is 18.2 Å². The van der Waals surface area contributed by atoms with Gasteiger partial charge in [-0.05, 0) is 12.1 Å². The third-order valence-electron chi connectivity index (χ3n) is 2.79. The molecule has 0 saturated carbocycles. The lowest BCUT2D eigenvalue weighted by Crippen LogP contribution is -2.13. The maximum Gasteiger partial charge on any atom is 0.277 e. The molecule has 0 aliphatic heterocycles. The number of rotatable bonds is 4. The Morgan fingerprint density at radius 1 is 0.957 bits per heavy atom. The minimum Gasteiger partial charge on any atom is -0.319 e. The molecule has 0 bridgehead atoms. The largest absolute Gasteiger partial charge is 0.319 e. The van der Waals surface area contributed by atoms with Gasteiger partial charge in [0.25, 0.3) is 17.3 Å². The molecule has 0 radical (unpaired) electrons. The van der Waals surface area contributed by atoms with Crippen LogP contribution in [0.15, 0.2) is 36.4 Å². The molecule has 0 unspecified atom stereocenters. The summed E-state index contributed by atoms with van der Waals surface area (Å²) in [5, 5.41) is 24.3. The zero-order chi connectivity index (χ0) is 17.1. The first-order valence-electron chi connectivity index (χ1n) is 5.99. The minimum absolute atomic E-state index is 0.106. The maximum absolute atomic E-state index is 12.2. The average molecular weight is 356 g/mol. The summed E-state index contributed by atoms with van der Waals surface area (Å²) in [5.41, 5.74) is -1.30. The predicted octanol–water partition coefficient (Wildman–Crippen LogP) is 4.06. The van der Waals surface area contributed by atoms with E-state index in [4.69, 9.17) is 23.2 Å². The van der Waals surface area contributed by atoms with E-state index in [0.29, 0.717) is 0 Å². The Balaban J connectivity index is 2.43. The molecule has 2 rings (SSSR count). The molecule has 0 aliphatic carbocycles. The molecule has 2 aromatic carbocycles. The number of nitrogens with zero attached hydrogens (tertiary/aromatic N) is 2. The average Bonchev–Trinajstić information content (AvgIpc) is 2.50. The summed E-state index contributed by atoms with van der Waals surface area (Å²) >= 11 is 11.8. The van der Waals surface area contributed by atoms with Crippen molar-refractivity contribution in [1.29, 1.82) is 0 Å². The molecule has 10 heteroatoms. The molecule has 0 spiro atoms. The van der Waals surface area contributed by atoms with Crippen molar-refractivity contribution in [2.75, 3.05) is 5.32 Å². The van der Waals surface area contributed by atoms with E-state index in [-0.39, 0.29) is 21.3 Å². The van der Waals surface area contributed by atoms with Crippen LogP contribution in [0, 0.1) is 20.2 Å². The Morgan fingerprint density at radius 3 is 1.87 bits per heavy atom. The van der Waals surface area contributed by atoms with E-state index in [9.17, 15) is 25.0 Å². The molecule has 1 amide bonds. The van der Waals surface area contributed by atoms with Gasteiger partial charge in [-0.1, -0.05) is 29.3 Å². The maximum atomic E-state index is 12.2. The second-order valence-corrected chi connectivity index (χ2v) is 5.12. The molecule has 0 heterocycles. The van der Waals surface area contributed by atoms with Gasteiger partial charge in [0, 0.05) is 12.1 Å². The van der Waals surface area contributed by atoms with Gasteiger partial charge < -0.3 is 5.32 Å². The lowest BCUT2D eigenvalue weighted by molar-refractivity contribution is -0.394. The Kier molecular flexibility index (Phi) is 4.77. The number of carbonyl (C=O) groups is 1. The molecule has 0 saturated heterocycles. The first kappa shape index (κ1) is 16.7. The van der Waals surface area contributed by atoms with Crippen molar-refractivity contribution in [3.05, 3.63) is 72.2 Å². The fraction of sp³-hybridized carbons (Fsp3) is 0. The fourth-order valence-corrected chi connectivity index (χ4v) is 2.23. The molecule has 2 aromatic rings. The van der Waals surface area contributed by atoms with Crippen molar-refractivity contribution in [2.24, 2.45) is 0 Å². The summed E-state index contributed by atoms with van der Waals surface area (Å²) in [5.74, 6) is -0.813. The number of carbonyl (C=O) groups excluding carboxylic acids is 1. The van der Waals surface area contributed by atoms with Gasteiger partial charge in [0.2, 0.25) is 0 Å². The summed E-state index contributed by atoms with van der Waals surface area (Å²) in [6.07, 6.45) is 0. The van der Waals surface area contributed by atoms with Gasteiger partial charge in [-0.2, -0.15) is 0 Å². The lowest BCUT2D eigenvalue weighted by Gasteiger charge is -2.09. The third kappa shape index (κ3) is 3.74. The molecular weight excluding hydrogens is 349 g/mol. The number of nitro groups is 2. The fourth-order valence-electron chi connectivity index (χ4n) is 1.74. The van der Waals surface area contributed by atoms with Gasteiger partial charge in [0.15, 0.2) is 0 Å². The summed E-state index contributed by atoms with van der Waals surface area (Å²) in [7, 11) is 0. The molecule has 0 atom stereocenters. The highest BCUT2D eigenvalue weighted by atomic mass is 35.5. The van der Waals surface area contributed by atoms with E-state index in [2.05, 4.69) is 5.32 Å². The molecule has 8 nitrogen and oxygen atoms in total. The Hall–Kier alpha value is -2.71. The summed E-state index contributed by atoms with van der Waals surface area (Å²) in [4.78, 5) is 32.2. The molecule has 118 valence electrons. The standard InChI is InChI=1S/C13H7Cl2N3O5/c14-10-2-1-3-11(15)12(10)16-13(19)7-4-8(17(20)21)6-9(5-7)18(22)23/h1-6H,(H,16,19). The highest BCUT2D eigenvalue weighted by Crippen LogP contribution is 2.31. The molecule has 0 aliphatic rings. The van der Waals surface area contributed by atoms with E-state index < -0.39 is 27.1 Å². The minimum atomic E-state index is -0.827. The van der Waals surface area contributed by atoms with Crippen LogP contribution in [0.1, 0.15) is 10.4 Å². The van der Waals surface area contributed by atoms with Crippen LogP contribution in [-0.4, -0.2) is 15.8 Å². The number of nitro benzene ring substituents is 2. The van der Waals surface area contributed by atoms with Crippen molar-refractivity contribution in [1.82, 2.24) is 0 Å². The lowest BCUT2D eigenvalue weighted by atomic mass is 10.1. The quantitative estimate of drug-likeness (QED) is 0.655. The number of hydrogen-bond acceptors (Lipinski definition) is 5. The third-order valence-corrected chi connectivity index (χ3v) is 3.42. The smallest absolute Gasteiger partial charge is 0.277 e. The van der Waals surface area contributed by atoms with Crippen molar-refractivity contribution >= 4 is 46.2 Å². The van der Waals surface area contributed by atoms with E-state index in [1.807, 2.05) is 0 Å². The van der Waals surface area contributed by atoms with Crippen LogP contribution in [0.2, 0.25) is 10.0 Å². The molecule has 0 fully saturated rings. The predicted molar refractivity (Wildman–Crippen MR) is 84.2 cm³/mol. The van der Waals surface area contributed by atoms with Crippen LogP contribution in [0.4, 0.5) is 17.1 Å². The molecule has 1 N–H and O–H groups in total. The SMILES string of the molecule is O=C(Nc1c(Cl)cccc1Cl)c1cc([N+](=O)[O-])cc([N+](=O)[O-])c1. The number of halogens is 2. The van der Waals surface area contributed by atoms with Crippen molar-refractivity contribution in [3.63, 3.8) is 0 Å². The number of benzene rings is 2. The molecule has 23 heavy (non-hydrogen) atoms. The highest BCUT2D eigenvalue weighted by molar-refractivity contribution is 6.40. The number of para-hydroxylation sites is 1. The van der Waals surface area contributed by atoms with E-state index >= 15 is 0 Å². The van der Waals surface area contributed by atoms with Gasteiger partial charge >= 0.3 is 0 Å². The number of nitrogens with one attached hydrogen (secondary N) is 1. The van der Waals surface area contributed by atoms with E-state index in [1.54, 1.807) is 6.07 Å².